The number of ketones is 1. The molecule has 18 heavy (non-hydrogen) atoms. The first-order chi connectivity index (χ1) is 8.74. The van der Waals surface area contributed by atoms with E-state index in [4.69, 9.17) is 9.47 Å². The number of benzene rings is 1. The maximum Gasteiger partial charge on any atom is 0.216 e. The van der Waals surface area contributed by atoms with E-state index in [2.05, 4.69) is 9.97 Å². The summed E-state index contributed by atoms with van der Waals surface area (Å²) in [5, 5.41) is 0. The van der Waals surface area contributed by atoms with Crippen LogP contribution in [0.1, 0.15) is 16.1 Å². The first kappa shape index (κ1) is 12.0. The first-order valence-electron chi connectivity index (χ1n) is 5.29. The second kappa shape index (κ2) is 5.27. The fourth-order valence-corrected chi connectivity index (χ4v) is 1.47. The van der Waals surface area contributed by atoms with Crippen molar-refractivity contribution in [1.29, 1.82) is 0 Å². The van der Waals surface area contributed by atoms with Crippen LogP contribution in [0.15, 0.2) is 36.7 Å². The van der Waals surface area contributed by atoms with E-state index in [0.29, 0.717) is 22.9 Å². The second-order valence-electron chi connectivity index (χ2n) is 3.50. The average molecular weight is 244 g/mol. The van der Waals surface area contributed by atoms with Crippen molar-refractivity contribution < 1.29 is 14.3 Å². The minimum Gasteiger partial charge on any atom is -0.497 e. The minimum atomic E-state index is -0.182. The monoisotopic (exact) mass is 244 g/mol. The van der Waals surface area contributed by atoms with Crippen LogP contribution in [0, 0.1) is 0 Å². The molecule has 0 bridgehead atoms. The van der Waals surface area contributed by atoms with Gasteiger partial charge in [-0.25, -0.2) is 9.97 Å². The van der Waals surface area contributed by atoms with Crippen molar-refractivity contribution in [3.63, 3.8) is 0 Å². The molecule has 0 amide bonds. The van der Waals surface area contributed by atoms with Gasteiger partial charge in [0.25, 0.3) is 0 Å². The topological polar surface area (TPSA) is 61.3 Å². The van der Waals surface area contributed by atoms with Crippen molar-refractivity contribution in [2.24, 2.45) is 0 Å². The fourth-order valence-electron chi connectivity index (χ4n) is 1.47. The molecule has 1 aromatic heterocycles. The third-order valence-corrected chi connectivity index (χ3v) is 2.44. The summed E-state index contributed by atoms with van der Waals surface area (Å²) < 4.78 is 9.99. The molecule has 5 nitrogen and oxygen atoms in total. The highest BCUT2D eigenvalue weighted by molar-refractivity contribution is 6.07. The zero-order valence-corrected chi connectivity index (χ0v) is 10.1. The molecule has 0 N–H and O–H groups in total. The Morgan fingerprint density at radius 1 is 1.06 bits per heavy atom. The van der Waals surface area contributed by atoms with Crippen molar-refractivity contribution in [2.75, 3.05) is 14.2 Å². The van der Waals surface area contributed by atoms with Gasteiger partial charge in [-0.2, -0.15) is 0 Å². The molecule has 2 aromatic rings. The highest BCUT2D eigenvalue weighted by Gasteiger charge is 2.11. The Morgan fingerprint density at radius 2 is 1.78 bits per heavy atom. The van der Waals surface area contributed by atoms with E-state index in [0.717, 1.165) is 0 Å². The zero-order valence-electron chi connectivity index (χ0n) is 10.1. The molecule has 0 fully saturated rings. The summed E-state index contributed by atoms with van der Waals surface area (Å²) >= 11 is 0. The Morgan fingerprint density at radius 3 is 2.39 bits per heavy atom. The number of aromatic nitrogens is 2. The summed E-state index contributed by atoms with van der Waals surface area (Å²) in [6.45, 7) is 0. The number of rotatable bonds is 4. The van der Waals surface area contributed by atoms with E-state index in [1.54, 1.807) is 31.4 Å². The lowest BCUT2D eigenvalue weighted by molar-refractivity contribution is 0.103. The summed E-state index contributed by atoms with van der Waals surface area (Å²) in [7, 11) is 3.07. The number of nitrogens with zero attached hydrogens (tertiary/aromatic N) is 2. The maximum absolute atomic E-state index is 12.1. The molecule has 0 aliphatic carbocycles. The number of methoxy groups -OCH3 is 2. The van der Waals surface area contributed by atoms with Gasteiger partial charge in [0.05, 0.1) is 14.2 Å². The fraction of sp³-hybridized carbons (Fsp3) is 0.154. The molecular weight excluding hydrogens is 232 g/mol. The number of carbonyl (C=O) groups is 1. The van der Waals surface area contributed by atoms with Crippen LogP contribution in [0.25, 0.3) is 0 Å². The third kappa shape index (κ3) is 2.45. The minimum absolute atomic E-state index is 0.182. The highest BCUT2D eigenvalue weighted by Crippen LogP contribution is 2.15. The van der Waals surface area contributed by atoms with Gasteiger partial charge >= 0.3 is 0 Å². The summed E-state index contributed by atoms with van der Waals surface area (Å²) in [5.41, 5.74) is 0.837. The molecule has 1 aromatic carbocycles. The van der Waals surface area contributed by atoms with Crippen LogP contribution >= 0.6 is 0 Å². The van der Waals surface area contributed by atoms with Crippen LogP contribution in [0.5, 0.6) is 11.6 Å². The molecule has 0 saturated carbocycles. The highest BCUT2D eigenvalue weighted by atomic mass is 16.5. The molecule has 0 unspecified atom stereocenters. The lowest BCUT2D eigenvalue weighted by Crippen LogP contribution is -2.05. The quantitative estimate of drug-likeness (QED) is 0.766. The van der Waals surface area contributed by atoms with Crippen molar-refractivity contribution in [2.45, 2.75) is 0 Å². The van der Waals surface area contributed by atoms with Gasteiger partial charge in [-0.05, 0) is 24.3 Å². The van der Waals surface area contributed by atoms with Crippen LogP contribution in [-0.4, -0.2) is 30.0 Å². The third-order valence-electron chi connectivity index (χ3n) is 2.44. The van der Waals surface area contributed by atoms with Gasteiger partial charge in [0, 0.05) is 11.6 Å². The largest absolute Gasteiger partial charge is 0.497 e. The summed E-state index contributed by atoms with van der Waals surface area (Å²) in [5.74, 6) is 0.882. The van der Waals surface area contributed by atoms with Crippen molar-refractivity contribution >= 4 is 5.78 Å². The van der Waals surface area contributed by atoms with E-state index in [1.807, 2.05) is 0 Å². The summed E-state index contributed by atoms with van der Waals surface area (Å²) in [6.07, 6.45) is 1.30. The maximum atomic E-state index is 12.1. The van der Waals surface area contributed by atoms with Gasteiger partial charge in [0.2, 0.25) is 11.7 Å². The average Bonchev–Trinajstić information content (AvgIpc) is 2.46. The van der Waals surface area contributed by atoms with Crippen molar-refractivity contribution in [3.05, 3.63) is 47.9 Å². The van der Waals surface area contributed by atoms with Crippen LogP contribution < -0.4 is 9.47 Å². The number of hydrogen-bond donors (Lipinski definition) is 0. The first-order valence-corrected chi connectivity index (χ1v) is 5.29. The van der Waals surface area contributed by atoms with Crippen LogP contribution in [0.2, 0.25) is 0 Å². The smallest absolute Gasteiger partial charge is 0.216 e. The molecule has 0 radical (unpaired) electrons. The van der Waals surface area contributed by atoms with Gasteiger partial charge in [-0.3, -0.25) is 4.79 Å². The predicted molar refractivity (Wildman–Crippen MR) is 65.0 cm³/mol. The van der Waals surface area contributed by atoms with E-state index < -0.39 is 0 Å². The van der Waals surface area contributed by atoms with Crippen molar-refractivity contribution in [3.8, 4) is 11.6 Å². The Balaban J connectivity index is 2.29. The van der Waals surface area contributed by atoms with Gasteiger partial charge in [0.1, 0.15) is 17.8 Å². The number of hydrogen-bond acceptors (Lipinski definition) is 5. The van der Waals surface area contributed by atoms with Crippen LogP contribution in [0.3, 0.4) is 0 Å². The van der Waals surface area contributed by atoms with E-state index in [9.17, 15) is 4.79 Å². The standard InChI is InChI=1S/C13H12N2O3/c1-17-10-5-3-9(4-6-10)13(16)11-7-12(18-2)15-8-14-11/h3-8H,1-2H3. The van der Waals surface area contributed by atoms with E-state index >= 15 is 0 Å². The van der Waals surface area contributed by atoms with Crippen molar-refractivity contribution in [1.82, 2.24) is 9.97 Å². The summed E-state index contributed by atoms with van der Waals surface area (Å²) in [6, 6.07) is 8.34. The van der Waals surface area contributed by atoms with Gasteiger partial charge in [-0.15, -0.1) is 0 Å². The predicted octanol–water partition coefficient (Wildman–Crippen LogP) is 1.72. The second-order valence-corrected chi connectivity index (χ2v) is 3.50. The lowest BCUT2D eigenvalue weighted by Gasteiger charge is -2.03. The van der Waals surface area contributed by atoms with Gasteiger partial charge in [0.15, 0.2) is 0 Å². The molecule has 0 aliphatic heterocycles. The molecule has 0 spiro atoms. The van der Waals surface area contributed by atoms with Crippen LogP contribution in [-0.2, 0) is 0 Å². The molecule has 92 valence electrons. The molecular formula is C13H12N2O3. The Bertz CT molecular complexity index is 552. The molecule has 0 aliphatic rings. The Kier molecular flexibility index (Phi) is 3.52. The van der Waals surface area contributed by atoms with Gasteiger partial charge < -0.3 is 9.47 Å². The molecule has 5 heteroatoms. The number of carbonyl (C=O) groups excluding carboxylic acids is 1. The molecule has 1 heterocycles. The van der Waals surface area contributed by atoms with E-state index in [1.165, 1.54) is 19.5 Å². The Labute approximate surface area is 104 Å². The lowest BCUT2D eigenvalue weighted by atomic mass is 10.1. The summed E-state index contributed by atoms with van der Waals surface area (Å²) in [4.78, 5) is 19.9. The Hall–Kier alpha value is -2.43. The molecule has 0 saturated heterocycles. The van der Waals surface area contributed by atoms with Crippen LogP contribution in [0.4, 0.5) is 0 Å². The van der Waals surface area contributed by atoms with Gasteiger partial charge in [-0.1, -0.05) is 0 Å². The zero-order chi connectivity index (χ0) is 13.0. The molecule has 2 rings (SSSR count). The SMILES string of the molecule is COc1ccc(C(=O)c2cc(OC)ncn2)cc1. The van der Waals surface area contributed by atoms with E-state index in [-0.39, 0.29) is 5.78 Å². The normalized spacial score (nSPS) is 9.89. The molecule has 0 atom stereocenters. The number of ether oxygens (including phenoxy) is 2.